The standard InChI is InChI=1S/C26H37N3O3/c30-25-14-12-21(26(31)29-25)23-18-32-24-13-11-20(17-22(23)24)28-16-8-3-1-2-7-15-27-19-9-5-4-6-10-19/h11,13,17-19,21,27-28H,1-10,12,14-16H2,(H,29,30,31). The molecule has 3 N–H and O–H groups in total. The number of piperidine rings is 1. The normalized spacial score (nSPS) is 19.9. The van der Waals surface area contributed by atoms with Crippen LogP contribution in [0.15, 0.2) is 28.9 Å². The summed E-state index contributed by atoms with van der Waals surface area (Å²) in [4.78, 5) is 23.7. The molecule has 0 bridgehead atoms. The van der Waals surface area contributed by atoms with E-state index in [-0.39, 0.29) is 17.7 Å². The van der Waals surface area contributed by atoms with Crippen LogP contribution in [0.1, 0.15) is 88.5 Å². The molecule has 2 aliphatic rings. The van der Waals surface area contributed by atoms with E-state index in [1.807, 2.05) is 12.1 Å². The molecule has 2 heterocycles. The van der Waals surface area contributed by atoms with Crippen molar-refractivity contribution < 1.29 is 14.0 Å². The van der Waals surface area contributed by atoms with Gasteiger partial charge in [-0.15, -0.1) is 0 Å². The second-order valence-electron chi connectivity index (χ2n) is 9.39. The first-order chi connectivity index (χ1) is 15.7. The molecule has 4 rings (SSSR count). The maximum absolute atomic E-state index is 12.3. The summed E-state index contributed by atoms with van der Waals surface area (Å²) in [5, 5.41) is 10.6. The molecule has 6 heteroatoms. The largest absolute Gasteiger partial charge is 0.464 e. The van der Waals surface area contributed by atoms with Crippen LogP contribution in [0.3, 0.4) is 0 Å². The van der Waals surface area contributed by atoms with Crippen LogP contribution in [0.25, 0.3) is 11.0 Å². The van der Waals surface area contributed by atoms with Gasteiger partial charge in [0, 0.05) is 35.6 Å². The summed E-state index contributed by atoms with van der Waals surface area (Å²) in [6, 6.07) is 6.81. The molecule has 2 amide bonds. The highest BCUT2D eigenvalue weighted by atomic mass is 16.3. The van der Waals surface area contributed by atoms with Gasteiger partial charge in [-0.25, -0.2) is 0 Å². The van der Waals surface area contributed by atoms with Gasteiger partial charge >= 0.3 is 0 Å². The van der Waals surface area contributed by atoms with Gasteiger partial charge in [0.2, 0.25) is 11.8 Å². The van der Waals surface area contributed by atoms with Gasteiger partial charge in [0.25, 0.3) is 0 Å². The fraction of sp³-hybridized carbons (Fsp3) is 0.615. The Labute approximate surface area is 190 Å². The molecule has 1 saturated heterocycles. The molecule has 0 spiro atoms. The van der Waals surface area contributed by atoms with Gasteiger partial charge in [-0.2, -0.15) is 0 Å². The van der Waals surface area contributed by atoms with E-state index in [2.05, 4.69) is 22.0 Å². The number of imide groups is 1. The predicted molar refractivity (Wildman–Crippen MR) is 128 cm³/mol. The first kappa shape index (κ1) is 22.8. The van der Waals surface area contributed by atoms with E-state index in [1.165, 1.54) is 64.3 Å². The molecule has 32 heavy (non-hydrogen) atoms. The quantitative estimate of drug-likeness (QED) is 0.329. The van der Waals surface area contributed by atoms with Gasteiger partial charge in [-0.3, -0.25) is 14.9 Å². The Bertz CT molecular complexity index is 901. The molecular formula is C26H37N3O3. The van der Waals surface area contributed by atoms with E-state index in [1.54, 1.807) is 6.26 Å². The number of carbonyl (C=O) groups is 2. The Balaban J connectivity index is 1.16. The zero-order chi connectivity index (χ0) is 22.2. The lowest BCUT2D eigenvalue weighted by molar-refractivity contribution is -0.134. The summed E-state index contributed by atoms with van der Waals surface area (Å²) >= 11 is 0. The van der Waals surface area contributed by atoms with Crippen molar-refractivity contribution in [1.29, 1.82) is 0 Å². The summed E-state index contributed by atoms with van der Waals surface area (Å²) in [6.07, 6.45) is 15.8. The number of carbonyl (C=O) groups excluding carboxylic acids is 2. The Morgan fingerprint density at radius 2 is 1.72 bits per heavy atom. The molecule has 174 valence electrons. The number of amides is 2. The molecule has 1 aliphatic carbocycles. The number of furan rings is 1. The molecule has 1 saturated carbocycles. The van der Waals surface area contributed by atoms with Crippen molar-refractivity contribution in [2.45, 2.75) is 89.0 Å². The lowest BCUT2D eigenvalue weighted by Crippen LogP contribution is -2.39. The zero-order valence-corrected chi connectivity index (χ0v) is 19.1. The van der Waals surface area contributed by atoms with Crippen molar-refractivity contribution in [3.8, 4) is 0 Å². The number of nitrogens with one attached hydrogen (secondary N) is 3. The second-order valence-corrected chi connectivity index (χ2v) is 9.39. The first-order valence-corrected chi connectivity index (χ1v) is 12.5. The summed E-state index contributed by atoms with van der Waals surface area (Å²) < 4.78 is 5.66. The summed E-state index contributed by atoms with van der Waals surface area (Å²) in [7, 11) is 0. The highest BCUT2D eigenvalue weighted by molar-refractivity contribution is 6.02. The monoisotopic (exact) mass is 439 g/mol. The van der Waals surface area contributed by atoms with E-state index in [9.17, 15) is 9.59 Å². The second kappa shape index (κ2) is 11.5. The number of rotatable bonds is 11. The third-order valence-electron chi connectivity index (χ3n) is 6.94. The van der Waals surface area contributed by atoms with E-state index in [0.29, 0.717) is 12.8 Å². The molecule has 1 aromatic carbocycles. The Morgan fingerprint density at radius 1 is 0.938 bits per heavy atom. The molecular weight excluding hydrogens is 402 g/mol. The molecule has 0 radical (unpaired) electrons. The molecule has 1 aliphatic heterocycles. The highest BCUT2D eigenvalue weighted by Crippen LogP contribution is 2.33. The van der Waals surface area contributed by atoms with Gasteiger partial charge in [0.05, 0.1) is 12.2 Å². The fourth-order valence-electron chi connectivity index (χ4n) is 5.04. The fourth-order valence-corrected chi connectivity index (χ4v) is 5.04. The molecule has 6 nitrogen and oxygen atoms in total. The van der Waals surface area contributed by atoms with Crippen LogP contribution in [-0.4, -0.2) is 30.9 Å². The van der Waals surface area contributed by atoms with Gasteiger partial charge in [-0.05, 0) is 56.8 Å². The zero-order valence-electron chi connectivity index (χ0n) is 19.1. The van der Waals surface area contributed by atoms with Crippen LogP contribution >= 0.6 is 0 Å². The minimum Gasteiger partial charge on any atom is -0.464 e. The van der Waals surface area contributed by atoms with E-state index < -0.39 is 0 Å². The average molecular weight is 440 g/mol. The number of unbranched alkanes of at least 4 members (excludes halogenated alkanes) is 4. The first-order valence-electron chi connectivity index (χ1n) is 12.5. The van der Waals surface area contributed by atoms with Crippen LogP contribution < -0.4 is 16.0 Å². The van der Waals surface area contributed by atoms with Crippen molar-refractivity contribution in [3.05, 3.63) is 30.0 Å². The van der Waals surface area contributed by atoms with Crippen LogP contribution in [0.4, 0.5) is 5.69 Å². The van der Waals surface area contributed by atoms with Gasteiger partial charge in [0.1, 0.15) is 5.58 Å². The van der Waals surface area contributed by atoms with Crippen molar-refractivity contribution in [1.82, 2.24) is 10.6 Å². The van der Waals surface area contributed by atoms with E-state index in [4.69, 9.17) is 4.42 Å². The third-order valence-corrected chi connectivity index (χ3v) is 6.94. The van der Waals surface area contributed by atoms with Crippen molar-refractivity contribution in [3.63, 3.8) is 0 Å². The Kier molecular flexibility index (Phi) is 8.21. The summed E-state index contributed by atoms with van der Waals surface area (Å²) in [5.74, 6) is -0.741. The highest BCUT2D eigenvalue weighted by Gasteiger charge is 2.30. The summed E-state index contributed by atoms with van der Waals surface area (Å²) in [6.45, 7) is 2.11. The smallest absolute Gasteiger partial charge is 0.234 e. The van der Waals surface area contributed by atoms with Gasteiger partial charge < -0.3 is 15.1 Å². The minimum absolute atomic E-state index is 0.193. The van der Waals surface area contributed by atoms with Gasteiger partial charge in [0.15, 0.2) is 0 Å². The average Bonchev–Trinajstić information content (AvgIpc) is 3.22. The van der Waals surface area contributed by atoms with E-state index >= 15 is 0 Å². The minimum atomic E-state index is -0.322. The number of benzene rings is 1. The molecule has 1 unspecified atom stereocenters. The lowest BCUT2D eigenvalue weighted by Gasteiger charge is -2.22. The number of hydrogen-bond donors (Lipinski definition) is 3. The Morgan fingerprint density at radius 3 is 2.53 bits per heavy atom. The maximum Gasteiger partial charge on any atom is 0.234 e. The van der Waals surface area contributed by atoms with Crippen molar-refractivity contribution in [2.24, 2.45) is 0 Å². The van der Waals surface area contributed by atoms with Crippen LogP contribution in [0.2, 0.25) is 0 Å². The maximum atomic E-state index is 12.3. The van der Waals surface area contributed by atoms with Crippen LogP contribution in [-0.2, 0) is 9.59 Å². The molecule has 2 fully saturated rings. The molecule has 1 aromatic heterocycles. The third kappa shape index (κ3) is 6.12. The van der Waals surface area contributed by atoms with Crippen LogP contribution in [0, 0.1) is 0 Å². The van der Waals surface area contributed by atoms with Gasteiger partial charge in [-0.1, -0.05) is 38.5 Å². The molecule has 1 atom stereocenters. The number of anilines is 1. The Hall–Kier alpha value is -2.34. The van der Waals surface area contributed by atoms with Crippen molar-refractivity contribution in [2.75, 3.05) is 18.4 Å². The van der Waals surface area contributed by atoms with Crippen LogP contribution in [0.5, 0.6) is 0 Å². The number of fused-ring (bicyclic) bond motifs is 1. The predicted octanol–water partition coefficient (Wildman–Crippen LogP) is 5.24. The summed E-state index contributed by atoms with van der Waals surface area (Å²) in [5.41, 5.74) is 2.69. The van der Waals surface area contributed by atoms with Crippen molar-refractivity contribution >= 4 is 28.5 Å². The lowest BCUT2D eigenvalue weighted by atomic mass is 9.90. The topological polar surface area (TPSA) is 83.4 Å². The SMILES string of the molecule is O=C1CCC(c2coc3ccc(NCCCCCCCNC4CCCCC4)cc23)C(=O)N1. The molecule has 2 aromatic rings. The number of hydrogen-bond acceptors (Lipinski definition) is 5. The van der Waals surface area contributed by atoms with E-state index in [0.717, 1.165) is 41.2 Å².